The number of para-hydroxylation sites is 2. The maximum absolute atomic E-state index is 12.6. The molecule has 0 bridgehead atoms. The van der Waals surface area contributed by atoms with Crippen molar-refractivity contribution in [1.29, 1.82) is 0 Å². The fourth-order valence-electron chi connectivity index (χ4n) is 3.68. The Hall–Kier alpha value is -2.75. The standard InChI is InChI=1S/C24H28ClN5O3S/c1-16-9-10-17(12-19(16)25)26-13-22-28-29-24(30(22)14-18-6-5-11-33-18)34-15-23(31)27-20-7-3-4-8-21(20)32-2/h3-4,7-10,12,18,26H,5-6,11,13-15H2,1-2H3,(H,27,31). The molecule has 0 radical (unpaired) electrons. The second-order valence-corrected chi connectivity index (χ2v) is 9.35. The van der Waals surface area contributed by atoms with E-state index in [-0.39, 0.29) is 17.8 Å². The summed E-state index contributed by atoms with van der Waals surface area (Å²) >= 11 is 7.60. The molecule has 0 saturated carbocycles. The monoisotopic (exact) mass is 501 g/mol. The summed E-state index contributed by atoms with van der Waals surface area (Å²) in [6.45, 7) is 3.87. The Morgan fingerprint density at radius 1 is 1.29 bits per heavy atom. The molecule has 180 valence electrons. The van der Waals surface area contributed by atoms with Gasteiger partial charge in [0.2, 0.25) is 5.91 Å². The first-order valence-corrected chi connectivity index (χ1v) is 12.5. The van der Waals surface area contributed by atoms with Crippen LogP contribution in [0, 0.1) is 6.92 Å². The second kappa shape index (κ2) is 11.6. The number of anilines is 2. The van der Waals surface area contributed by atoms with Crippen molar-refractivity contribution >= 4 is 40.6 Å². The van der Waals surface area contributed by atoms with Crippen molar-refractivity contribution in [1.82, 2.24) is 14.8 Å². The van der Waals surface area contributed by atoms with Gasteiger partial charge in [-0.15, -0.1) is 10.2 Å². The van der Waals surface area contributed by atoms with E-state index in [9.17, 15) is 4.79 Å². The van der Waals surface area contributed by atoms with Crippen LogP contribution >= 0.6 is 23.4 Å². The highest BCUT2D eigenvalue weighted by atomic mass is 35.5. The van der Waals surface area contributed by atoms with Gasteiger partial charge in [0.1, 0.15) is 5.75 Å². The molecule has 8 nitrogen and oxygen atoms in total. The van der Waals surface area contributed by atoms with Crippen molar-refractivity contribution in [2.24, 2.45) is 0 Å². The highest BCUT2D eigenvalue weighted by Gasteiger charge is 2.21. The van der Waals surface area contributed by atoms with Crippen LogP contribution in [0.15, 0.2) is 47.6 Å². The van der Waals surface area contributed by atoms with E-state index in [4.69, 9.17) is 21.1 Å². The number of carbonyl (C=O) groups excluding carboxylic acids is 1. The Morgan fingerprint density at radius 2 is 2.15 bits per heavy atom. The predicted octanol–water partition coefficient (Wildman–Crippen LogP) is 4.77. The Kier molecular flexibility index (Phi) is 8.31. The molecule has 1 aliphatic heterocycles. The lowest BCUT2D eigenvalue weighted by atomic mass is 10.2. The van der Waals surface area contributed by atoms with Crippen LogP contribution < -0.4 is 15.4 Å². The first-order valence-electron chi connectivity index (χ1n) is 11.1. The van der Waals surface area contributed by atoms with E-state index in [1.807, 2.05) is 54.0 Å². The normalized spacial score (nSPS) is 15.3. The molecular formula is C24H28ClN5O3S. The number of carbonyl (C=O) groups is 1. The molecule has 4 rings (SSSR count). The lowest BCUT2D eigenvalue weighted by Crippen LogP contribution is -2.20. The molecule has 3 aromatic rings. The van der Waals surface area contributed by atoms with Gasteiger partial charge in [-0.2, -0.15) is 0 Å². The van der Waals surface area contributed by atoms with Gasteiger partial charge in [0.15, 0.2) is 11.0 Å². The number of nitrogens with one attached hydrogen (secondary N) is 2. The topological polar surface area (TPSA) is 90.3 Å². The minimum absolute atomic E-state index is 0.116. The van der Waals surface area contributed by atoms with Gasteiger partial charge in [0.25, 0.3) is 0 Å². The zero-order chi connectivity index (χ0) is 23.9. The third-order valence-corrected chi connectivity index (χ3v) is 6.91. The van der Waals surface area contributed by atoms with Crippen molar-refractivity contribution < 1.29 is 14.3 Å². The summed E-state index contributed by atoms with van der Waals surface area (Å²) in [5, 5.41) is 16.4. The van der Waals surface area contributed by atoms with Gasteiger partial charge in [-0.1, -0.05) is 41.6 Å². The fraction of sp³-hybridized carbons (Fsp3) is 0.375. The molecule has 2 N–H and O–H groups in total. The van der Waals surface area contributed by atoms with Gasteiger partial charge >= 0.3 is 0 Å². The summed E-state index contributed by atoms with van der Waals surface area (Å²) in [5.41, 5.74) is 2.57. The molecule has 2 aromatic carbocycles. The number of hydrogen-bond donors (Lipinski definition) is 2. The average molecular weight is 502 g/mol. The van der Waals surface area contributed by atoms with Gasteiger partial charge in [-0.25, -0.2) is 0 Å². The van der Waals surface area contributed by atoms with E-state index in [2.05, 4.69) is 20.8 Å². The molecule has 1 fully saturated rings. The van der Waals surface area contributed by atoms with Crippen molar-refractivity contribution in [2.45, 2.75) is 44.1 Å². The first kappa shape index (κ1) is 24.4. The average Bonchev–Trinajstić information content (AvgIpc) is 3.49. The molecule has 1 atom stereocenters. The zero-order valence-electron chi connectivity index (χ0n) is 19.2. The van der Waals surface area contributed by atoms with E-state index in [0.29, 0.717) is 34.7 Å². The number of methoxy groups -OCH3 is 1. The molecule has 10 heteroatoms. The predicted molar refractivity (Wildman–Crippen MR) is 135 cm³/mol. The van der Waals surface area contributed by atoms with Crippen molar-refractivity contribution in [3.8, 4) is 5.75 Å². The third-order valence-electron chi connectivity index (χ3n) is 5.54. The SMILES string of the molecule is COc1ccccc1NC(=O)CSc1nnc(CNc2ccc(C)c(Cl)c2)n1CC1CCCO1. The lowest BCUT2D eigenvalue weighted by molar-refractivity contribution is -0.113. The van der Waals surface area contributed by atoms with E-state index >= 15 is 0 Å². The summed E-state index contributed by atoms with van der Waals surface area (Å²) in [6.07, 6.45) is 2.16. The number of thioether (sulfide) groups is 1. The van der Waals surface area contributed by atoms with Crippen LogP contribution in [-0.4, -0.2) is 46.2 Å². The fourth-order valence-corrected chi connectivity index (χ4v) is 4.63. The molecule has 2 heterocycles. The molecule has 34 heavy (non-hydrogen) atoms. The van der Waals surface area contributed by atoms with E-state index in [1.165, 1.54) is 11.8 Å². The van der Waals surface area contributed by atoms with Gasteiger partial charge in [-0.3, -0.25) is 4.79 Å². The quantitative estimate of drug-likeness (QED) is 0.387. The number of benzene rings is 2. The summed E-state index contributed by atoms with van der Waals surface area (Å²) < 4.78 is 13.2. The van der Waals surface area contributed by atoms with Crippen molar-refractivity contribution in [2.75, 3.05) is 30.1 Å². The summed E-state index contributed by atoms with van der Waals surface area (Å²) in [6, 6.07) is 13.2. The Bertz CT molecular complexity index is 1130. The Balaban J connectivity index is 1.43. The molecular weight excluding hydrogens is 474 g/mol. The number of hydrogen-bond acceptors (Lipinski definition) is 7. The highest BCUT2D eigenvalue weighted by molar-refractivity contribution is 7.99. The summed E-state index contributed by atoms with van der Waals surface area (Å²) in [4.78, 5) is 12.6. The number of aryl methyl sites for hydroxylation is 1. The third kappa shape index (κ3) is 6.22. The molecule has 1 amide bonds. The molecule has 1 unspecified atom stereocenters. The Morgan fingerprint density at radius 3 is 2.91 bits per heavy atom. The highest BCUT2D eigenvalue weighted by Crippen LogP contribution is 2.26. The number of aromatic nitrogens is 3. The van der Waals surface area contributed by atoms with E-state index in [0.717, 1.165) is 36.5 Å². The van der Waals surface area contributed by atoms with Crippen LogP contribution in [0.2, 0.25) is 5.02 Å². The summed E-state index contributed by atoms with van der Waals surface area (Å²) in [7, 11) is 1.58. The number of ether oxygens (including phenoxy) is 2. The van der Waals surface area contributed by atoms with E-state index in [1.54, 1.807) is 7.11 Å². The molecule has 1 saturated heterocycles. The van der Waals surface area contributed by atoms with E-state index < -0.39 is 0 Å². The van der Waals surface area contributed by atoms with Crippen LogP contribution in [0.25, 0.3) is 0 Å². The zero-order valence-corrected chi connectivity index (χ0v) is 20.8. The largest absolute Gasteiger partial charge is 0.495 e. The van der Waals surface area contributed by atoms with Gasteiger partial charge in [-0.05, 0) is 49.6 Å². The van der Waals surface area contributed by atoms with Gasteiger partial charge in [0, 0.05) is 17.3 Å². The number of nitrogens with zero attached hydrogens (tertiary/aromatic N) is 3. The maximum atomic E-state index is 12.6. The van der Waals surface area contributed by atoms with Crippen LogP contribution in [0.1, 0.15) is 24.2 Å². The minimum Gasteiger partial charge on any atom is -0.495 e. The Labute approximate surface area is 208 Å². The maximum Gasteiger partial charge on any atom is 0.234 e. The van der Waals surface area contributed by atoms with Gasteiger partial charge in [0.05, 0.1) is 37.7 Å². The number of rotatable bonds is 10. The molecule has 1 aromatic heterocycles. The van der Waals surface area contributed by atoms with Crippen LogP contribution in [0.4, 0.5) is 11.4 Å². The lowest BCUT2D eigenvalue weighted by Gasteiger charge is -2.15. The first-order chi connectivity index (χ1) is 16.5. The summed E-state index contributed by atoms with van der Waals surface area (Å²) in [5.74, 6) is 1.45. The van der Waals surface area contributed by atoms with Crippen LogP contribution in [-0.2, 0) is 22.6 Å². The molecule has 0 aliphatic carbocycles. The number of amides is 1. The molecule has 1 aliphatic rings. The minimum atomic E-state index is -0.143. The number of halogens is 1. The van der Waals surface area contributed by atoms with Crippen LogP contribution in [0.3, 0.4) is 0 Å². The van der Waals surface area contributed by atoms with Crippen molar-refractivity contribution in [3.63, 3.8) is 0 Å². The van der Waals surface area contributed by atoms with Crippen molar-refractivity contribution in [3.05, 3.63) is 58.9 Å². The smallest absolute Gasteiger partial charge is 0.234 e. The molecule has 0 spiro atoms. The second-order valence-electron chi connectivity index (χ2n) is 8.00. The van der Waals surface area contributed by atoms with Crippen LogP contribution in [0.5, 0.6) is 5.75 Å². The van der Waals surface area contributed by atoms with Gasteiger partial charge < -0.3 is 24.7 Å².